The second-order valence-corrected chi connectivity index (χ2v) is 6.95. The summed E-state index contributed by atoms with van der Waals surface area (Å²) in [4.78, 5) is 7.13. The Morgan fingerprint density at radius 2 is 1.72 bits per heavy atom. The second-order valence-electron chi connectivity index (χ2n) is 6.95. The lowest BCUT2D eigenvalue weighted by molar-refractivity contribution is 0.349. The van der Waals surface area contributed by atoms with E-state index in [1.807, 2.05) is 42.2 Å². The van der Waals surface area contributed by atoms with Gasteiger partial charge in [-0.3, -0.25) is 15.3 Å². The van der Waals surface area contributed by atoms with Crippen LogP contribution in [-0.2, 0) is 5.41 Å². The average molecular weight is 333 g/mol. The van der Waals surface area contributed by atoms with Crippen molar-refractivity contribution >= 4 is 17.4 Å². The van der Waals surface area contributed by atoms with Gasteiger partial charge in [-0.1, -0.05) is 63.2 Å². The van der Waals surface area contributed by atoms with Crippen molar-refractivity contribution in [1.29, 1.82) is 5.41 Å². The average Bonchev–Trinajstić information content (AvgIpc) is 2.64. The molecule has 1 aliphatic rings. The van der Waals surface area contributed by atoms with Crippen LogP contribution < -0.4 is 4.90 Å². The number of benzene rings is 2. The molecule has 0 aliphatic carbocycles. The lowest BCUT2D eigenvalue weighted by Gasteiger charge is -2.42. The predicted octanol–water partition coefficient (Wildman–Crippen LogP) is 5.40. The molecule has 1 aliphatic heterocycles. The molecule has 2 aromatic carbocycles. The van der Waals surface area contributed by atoms with Gasteiger partial charge in [0.05, 0.1) is 6.04 Å². The Balaban J connectivity index is 2.22. The third-order valence-corrected chi connectivity index (χ3v) is 5.48. The predicted molar refractivity (Wildman–Crippen MR) is 107 cm³/mol. The zero-order valence-electron chi connectivity index (χ0n) is 15.6. The summed E-state index contributed by atoms with van der Waals surface area (Å²) >= 11 is 0. The Labute approximate surface area is 150 Å². The smallest absolute Gasteiger partial charge is 0.141 e. The molecule has 0 aromatic heterocycles. The molecule has 0 bridgehead atoms. The third kappa shape index (κ3) is 2.88. The van der Waals surface area contributed by atoms with E-state index in [-0.39, 0.29) is 11.5 Å². The maximum Gasteiger partial charge on any atom is 0.141 e. The van der Waals surface area contributed by atoms with Gasteiger partial charge in [-0.05, 0) is 37.5 Å². The van der Waals surface area contributed by atoms with Gasteiger partial charge in [0.25, 0.3) is 0 Å². The summed E-state index contributed by atoms with van der Waals surface area (Å²) in [6, 6.07) is 18.9. The third-order valence-electron chi connectivity index (χ3n) is 5.48. The number of anilines is 1. The Hall–Kier alpha value is -2.42. The van der Waals surface area contributed by atoms with Gasteiger partial charge in [0, 0.05) is 16.7 Å². The molecular weight excluding hydrogens is 306 g/mol. The van der Waals surface area contributed by atoms with Gasteiger partial charge in [0.2, 0.25) is 0 Å². The second kappa shape index (κ2) is 6.83. The van der Waals surface area contributed by atoms with Gasteiger partial charge in [-0.2, -0.15) is 0 Å². The van der Waals surface area contributed by atoms with Crippen LogP contribution in [0.4, 0.5) is 5.69 Å². The zero-order valence-corrected chi connectivity index (χ0v) is 15.6. The molecule has 0 fully saturated rings. The van der Waals surface area contributed by atoms with Crippen LogP contribution in [-0.4, -0.2) is 17.7 Å². The molecule has 0 saturated carbocycles. The molecule has 2 aromatic rings. The lowest BCUT2D eigenvalue weighted by Crippen LogP contribution is -2.46. The minimum absolute atomic E-state index is 0.0349. The van der Waals surface area contributed by atoms with Crippen molar-refractivity contribution in [1.82, 2.24) is 0 Å². The van der Waals surface area contributed by atoms with E-state index in [1.54, 1.807) is 0 Å². The van der Waals surface area contributed by atoms with Crippen LogP contribution in [0.15, 0.2) is 59.6 Å². The number of hydrogen-bond acceptors (Lipinski definition) is 2. The molecule has 25 heavy (non-hydrogen) atoms. The Morgan fingerprint density at radius 3 is 2.32 bits per heavy atom. The first kappa shape index (κ1) is 17.4. The van der Waals surface area contributed by atoms with E-state index in [9.17, 15) is 0 Å². The first-order valence-electron chi connectivity index (χ1n) is 9.11. The highest BCUT2D eigenvalue weighted by Gasteiger charge is 2.40. The van der Waals surface area contributed by atoms with Gasteiger partial charge in [-0.25, -0.2) is 0 Å². The molecule has 0 spiro atoms. The number of hydrogen-bond donors (Lipinski definition) is 1. The first-order valence-corrected chi connectivity index (χ1v) is 9.11. The van der Waals surface area contributed by atoms with Crippen molar-refractivity contribution in [2.45, 2.75) is 52.0 Å². The zero-order chi connectivity index (χ0) is 18.0. The molecule has 3 rings (SSSR count). The van der Waals surface area contributed by atoms with Crippen LogP contribution in [0.3, 0.4) is 0 Å². The molecule has 1 heterocycles. The van der Waals surface area contributed by atoms with Gasteiger partial charge < -0.3 is 0 Å². The van der Waals surface area contributed by atoms with Crippen molar-refractivity contribution < 1.29 is 0 Å². The fourth-order valence-electron chi connectivity index (χ4n) is 3.91. The summed E-state index contributed by atoms with van der Waals surface area (Å²) < 4.78 is 0. The quantitative estimate of drug-likeness (QED) is 0.593. The SMILES string of the molecule is CC[C@H]1N=C(N(C(C)=N)c2ccccc2)c2ccccc2C1(C)CC. The van der Waals surface area contributed by atoms with Crippen LogP contribution in [0.5, 0.6) is 0 Å². The minimum Gasteiger partial charge on any atom is -0.288 e. The summed E-state index contributed by atoms with van der Waals surface area (Å²) in [5.41, 5.74) is 3.51. The van der Waals surface area contributed by atoms with E-state index in [0.717, 1.165) is 29.9 Å². The number of aliphatic imine (C=N–C) groups is 1. The van der Waals surface area contributed by atoms with Crippen LogP contribution in [0.2, 0.25) is 0 Å². The summed E-state index contributed by atoms with van der Waals surface area (Å²) in [5, 5.41) is 8.38. The van der Waals surface area contributed by atoms with Crippen molar-refractivity contribution in [3.63, 3.8) is 0 Å². The molecule has 1 unspecified atom stereocenters. The Morgan fingerprint density at radius 1 is 1.08 bits per heavy atom. The monoisotopic (exact) mass is 333 g/mol. The Bertz CT molecular complexity index is 794. The summed E-state index contributed by atoms with van der Waals surface area (Å²) in [7, 11) is 0. The molecule has 0 amide bonds. The van der Waals surface area contributed by atoms with Crippen LogP contribution in [0.1, 0.15) is 51.7 Å². The number of fused-ring (bicyclic) bond motifs is 1. The normalized spacial score (nSPS) is 22.1. The van der Waals surface area contributed by atoms with E-state index >= 15 is 0 Å². The van der Waals surface area contributed by atoms with E-state index in [1.165, 1.54) is 5.56 Å². The summed E-state index contributed by atoms with van der Waals surface area (Å²) in [6.45, 7) is 8.60. The van der Waals surface area contributed by atoms with Crippen LogP contribution in [0, 0.1) is 5.41 Å². The van der Waals surface area contributed by atoms with Crippen molar-refractivity contribution in [3.05, 3.63) is 65.7 Å². The molecule has 0 radical (unpaired) electrons. The highest BCUT2D eigenvalue weighted by molar-refractivity contribution is 6.24. The number of nitrogens with one attached hydrogen (secondary N) is 1. The topological polar surface area (TPSA) is 39.5 Å². The number of nitrogens with zero attached hydrogens (tertiary/aromatic N) is 2. The van der Waals surface area contributed by atoms with Crippen LogP contribution in [0.25, 0.3) is 0 Å². The maximum absolute atomic E-state index is 8.38. The molecular formula is C22H27N3. The standard InChI is InChI=1S/C22H27N3/c1-5-20-22(4,6-2)19-15-11-10-14-18(19)21(24-20)25(16(3)23)17-12-8-7-9-13-17/h7-15,20,23H,5-6H2,1-4H3/t20-,22?/m1/s1. The van der Waals surface area contributed by atoms with Crippen molar-refractivity contribution in [2.24, 2.45) is 4.99 Å². The summed E-state index contributed by atoms with van der Waals surface area (Å²) in [6.07, 6.45) is 2.04. The van der Waals surface area contributed by atoms with Gasteiger partial charge in [0.15, 0.2) is 0 Å². The van der Waals surface area contributed by atoms with Gasteiger partial charge in [0.1, 0.15) is 11.7 Å². The molecule has 3 heteroatoms. The Kier molecular flexibility index (Phi) is 4.76. The van der Waals surface area contributed by atoms with Crippen molar-refractivity contribution in [2.75, 3.05) is 4.90 Å². The highest BCUT2D eigenvalue weighted by Crippen LogP contribution is 2.41. The molecule has 1 N–H and O–H groups in total. The first-order chi connectivity index (χ1) is 12.0. The van der Waals surface area contributed by atoms with Crippen LogP contribution >= 0.6 is 0 Å². The van der Waals surface area contributed by atoms with E-state index in [2.05, 4.69) is 45.0 Å². The van der Waals surface area contributed by atoms with Crippen molar-refractivity contribution in [3.8, 4) is 0 Å². The fourth-order valence-corrected chi connectivity index (χ4v) is 3.91. The van der Waals surface area contributed by atoms with Gasteiger partial charge >= 0.3 is 0 Å². The fraction of sp³-hybridized carbons (Fsp3) is 0.364. The van der Waals surface area contributed by atoms with E-state index in [4.69, 9.17) is 10.4 Å². The maximum atomic E-state index is 8.38. The molecule has 130 valence electrons. The van der Waals surface area contributed by atoms with E-state index < -0.39 is 0 Å². The largest absolute Gasteiger partial charge is 0.288 e. The lowest BCUT2D eigenvalue weighted by atomic mass is 9.69. The van der Waals surface area contributed by atoms with E-state index in [0.29, 0.717) is 5.84 Å². The molecule has 2 atom stereocenters. The molecule has 0 saturated heterocycles. The van der Waals surface area contributed by atoms with Gasteiger partial charge in [-0.15, -0.1) is 0 Å². The summed E-state index contributed by atoms with van der Waals surface area (Å²) in [5.74, 6) is 1.38. The number of rotatable bonds is 3. The highest BCUT2D eigenvalue weighted by atomic mass is 15.2. The minimum atomic E-state index is 0.0349. The number of amidine groups is 2. The number of para-hydroxylation sites is 1. The molecule has 3 nitrogen and oxygen atoms in total.